The number of nitrogens with zero attached hydrogens (tertiary/aromatic N) is 1. The third-order valence-electron chi connectivity index (χ3n) is 3.71. The van der Waals surface area contributed by atoms with E-state index in [-0.39, 0.29) is 23.1 Å². The van der Waals surface area contributed by atoms with Gasteiger partial charge in [0.15, 0.2) is 23.3 Å². The fourth-order valence-corrected chi connectivity index (χ4v) is 2.76. The van der Waals surface area contributed by atoms with Gasteiger partial charge in [0, 0.05) is 19.2 Å². The molecule has 5 heteroatoms. The van der Waals surface area contributed by atoms with Crippen molar-refractivity contribution in [3.63, 3.8) is 0 Å². The predicted octanol–water partition coefficient (Wildman–Crippen LogP) is 3.78. The van der Waals surface area contributed by atoms with Gasteiger partial charge in [-0.15, -0.1) is 0 Å². The van der Waals surface area contributed by atoms with Crippen LogP contribution in [0.25, 0.3) is 0 Å². The van der Waals surface area contributed by atoms with Crippen LogP contribution in [-0.2, 0) is 0 Å². The van der Waals surface area contributed by atoms with Crippen LogP contribution in [0.15, 0.2) is 6.07 Å². The smallest absolute Gasteiger partial charge is 0.168 e. The molecular formula is C14H21F2N3. The van der Waals surface area contributed by atoms with E-state index in [9.17, 15) is 8.78 Å². The molecule has 0 radical (unpaired) electrons. The molecule has 1 heterocycles. The molecule has 0 bridgehead atoms. The number of halogens is 2. The zero-order valence-electron chi connectivity index (χ0n) is 11.7. The molecule has 0 aliphatic heterocycles. The van der Waals surface area contributed by atoms with Crippen molar-refractivity contribution in [3.05, 3.63) is 17.7 Å². The van der Waals surface area contributed by atoms with Gasteiger partial charge in [-0.05, 0) is 24.7 Å². The molecule has 1 atom stereocenters. The Bertz CT molecular complexity index is 460. The molecule has 106 valence electrons. The van der Waals surface area contributed by atoms with Gasteiger partial charge in [0.05, 0.1) is 0 Å². The van der Waals surface area contributed by atoms with Gasteiger partial charge in [-0.2, -0.15) is 0 Å². The van der Waals surface area contributed by atoms with Gasteiger partial charge in [-0.3, -0.25) is 0 Å². The van der Waals surface area contributed by atoms with Crippen LogP contribution < -0.4 is 10.6 Å². The number of hydrogen-bond donors (Lipinski definition) is 2. The van der Waals surface area contributed by atoms with Crippen LogP contribution in [0.4, 0.5) is 20.4 Å². The highest BCUT2D eigenvalue weighted by molar-refractivity contribution is 5.47. The summed E-state index contributed by atoms with van der Waals surface area (Å²) in [6.45, 7) is 4.43. The summed E-state index contributed by atoms with van der Waals surface area (Å²) in [5.74, 6) is -1.11. The number of anilines is 2. The first-order chi connectivity index (χ1) is 8.91. The fourth-order valence-electron chi connectivity index (χ4n) is 2.76. The summed E-state index contributed by atoms with van der Waals surface area (Å²) in [6.07, 6.45) is 4.27. The van der Waals surface area contributed by atoms with Gasteiger partial charge < -0.3 is 10.6 Å². The van der Waals surface area contributed by atoms with Crippen molar-refractivity contribution in [2.24, 2.45) is 5.41 Å². The molecule has 1 aromatic heterocycles. The van der Waals surface area contributed by atoms with Gasteiger partial charge in [-0.25, -0.2) is 13.8 Å². The van der Waals surface area contributed by atoms with Gasteiger partial charge in [0.1, 0.15) is 0 Å². The van der Waals surface area contributed by atoms with Gasteiger partial charge in [0.2, 0.25) is 0 Å². The molecular weight excluding hydrogens is 248 g/mol. The lowest BCUT2D eigenvalue weighted by atomic mass is 9.75. The highest BCUT2D eigenvalue weighted by Crippen LogP contribution is 2.36. The molecule has 0 spiro atoms. The molecule has 19 heavy (non-hydrogen) atoms. The summed E-state index contributed by atoms with van der Waals surface area (Å²) in [5.41, 5.74) is 0.262. The number of nitrogens with one attached hydrogen (secondary N) is 2. The number of aromatic nitrogens is 1. The van der Waals surface area contributed by atoms with E-state index in [0.717, 1.165) is 25.3 Å². The van der Waals surface area contributed by atoms with Crippen LogP contribution in [-0.4, -0.2) is 18.1 Å². The van der Waals surface area contributed by atoms with Crippen molar-refractivity contribution in [2.75, 3.05) is 17.7 Å². The maximum atomic E-state index is 13.7. The molecule has 2 N–H and O–H groups in total. The van der Waals surface area contributed by atoms with Crippen molar-refractivity contribution >= 4 is 11.6 Å². The Morgan fingerprint density at radius 3 is 2.58 bits per heavy atom. The predicted molar refractivity (Wildman–Crippen MR) is 73.4 cm³/mol. The second-order valence-electron chi connectivity index (χ2n) is 6.00. The average Bonchev–Trinajstić information content (AvgIpc) is 2.31. The second-order valence-corrected chi connectivity index (χ2v) is 6.00. The standard InChI is InChI=1S/C14H21F2N3/c1-14(2)6-4-5-9(8-14)18-13-11(16)7-10(15)12(17-3)19-13/h7,9H,4-6,8H2,1-3H3,(H2,17,18,19). The molecule has 1 aliphatic rings. The first kappa shape index (κ1) is 14.0. The first-order valence-corrected chi connectivity index (χ1v) is 6.71. The lowest BCUT2D eigenvalue weighted by molar-refractivity contribution is 0.229. The lowest BCUT2D eigenvalue weighted by Crippen LogP contribution is -2.32. The lowest BCUT2D eigenvalue weighted by Gasteiger charge is -2.35. The molecule has 0 amide bonds. The Kier molecular flexibility index (Phi) is 3.92. The van der Waals surface area contributed by atoms with E-state index in [1.165, 1.54) is 6.42 Å². The number of hydrogen-bond acceptors (Lipinski definition) is 3. The third-order valence-corrected chi connectivity index (χ3v) is 3.71. The minimum Gasteiger partial charge on any atom is -0.371 e. The van der Waals surface area contributed by atoms with Gasteiger partial charge in [-0.1, -0.05) is 20.3 Å². The van der Waals surface area contributed by atoms with E-state index in [2.05, 4.69) is 29.5 Å². The van der Waals surface area contributed by atoms with Gasteiger partial charge >= 0.3 is 0 Å². The molecule has 0 aromatic carbocycles. The maximum absolute atomic E-state index is 13.7. The zero-order chi connectivity index (χ0) is 14.0. The van der Waals surface area contributed by atoms with E-state index in [4.69, 9.17) is 0 Å². The highest BCUT2D eigenvalue weighted by atomic mass is 19.1. The summed E-state index contributed by atoms with van der Waals surface area (Å²) in [4.78, 5) is 3.96. The second kappa shape index (κ2) is 5.31. The van der Waals surface area contributed by atoms with Crippen LogP contribution in [0.2, 0.25) is 0 Å². The van der Waals surface area contributed by atoms with E-state index >= 15 is 0 Å². The van der Waals surface area contributed by atoms with Crippen molar-refractivity contribution in [1.29, 1.82) is 0 Å². The fraction of sp³-hybridized carbons (Fsp3) is 0.643. The van der Waals surface area contributed by atoms with E-state index < -0.39 is 11.6 Å². The normalized spacial score (nSPS) is 22.1. The first-order valence-electron chi connectivity index (χ1n) is 6.71. The molecule has 2 rings (SSSR count). The quantitative estimate of drug-likeness (QED) is 0.876. The Labute approximate surface area is 112 Å². The summed E-state index contributed by atoms with van der Waals surface area (Å²) in [6, 6.07) is 1.07. The van der Waals surface area contributed by atoms with Crippen LogP contribution in [0.3, 0.4) is 0 Å². The zero-order valence-corrected chi connectivity index (χ0v) is 11.7. The molecule has 1 unspecified atom stereocenters. The highest BCUT2D eigenvalue weighted by Gasteiger charge is 2.28. The number of rotatable bonds is 3. The summed E-state index contributed by atoms with van der Waals surface area (Å²) >= 11 is 0. The molecule has 0 saturated heterocycles. The molecule has 1 aromatic rings. The largest absolute Gasteiger partial charge is 0.371 e. The van der Waals surface area contributed by atoms with Crippen LogP contribution in [0.1, 0.15) is 39.5 Å². The summed E-state index contributed by atoms with van der Waals surface area (Å²) < 4.78 is 27.1. The van der Waals surface area contributed by atoms with Gasteiger partial charge in [0.25, 0.3) is 0 Å². The van der Waals surface area contributed by atoms with E-state index in [1.54, 1.807) is 7.05 Å². The molecule has 1 saturated carbocycles. The van der Waals surface area contributed by atoms with Crippen molar-refractivity contribution in [2.45, 2.75) is 45.6 Å². The van der Waals surface area contributed by atoms with Crippen molar-refractivity contribution in [1.82, 2.24) is 4.98 Å². The number of pyridine rings is 1. The molecule has 1 fully saturated rings. The van der Waals surface area contributed by atoms with E-state index in [1.807, 2.05) is 0 Å². The minimum absolute atomic E-state index is 0.0685. The Morgan fingerprint density at radius 2 is 1.95 bits per heavy atom. The summed E-state index contributed by atoms with van der Waals surface area (Å²) in [5, 5.41) is 5.74. The van der Waals surface area contributed by atoms with Crippen molar-refractivity contribution < 1.29 is 8.78 Å². The topological polar surface area (TPSA) is 37.0 Å². The Balaban J connectivity index is 2.14. The maximum Gasteiger partial charge on any atom is 0.168 e. The van der Waals surface area contributed by atoms with Crippen LogP contribution in [0.5, 0.6) is 0 Å². The molecule has 3 nitrogen and oxygen atoms in total. The SMILES string of the molecule is CNc1nc(NC2CCCC(C)(C)C2)c(F)cc1F. The summed E-state index contributed by atoms with van der Waals surface area (Å²) in [7, 11) is 1.57. The van der Waals surface area contributed by atoms with E-state index in [0.29, 0.717) is 0 Å². The van der Waals surface area contributed by atoms with Crippen molar-refractivity contribution in [3.8, 4) is 0 Å². The third kappa shape index (κ3) is 3.33. The Hall–Kier alpha value is -1.39. The monoisotopic (exact) mass is 269 g/mol. The molecule has 1 aliphatic carbocycles. The average molecular weight is 269 g/mol. The minimum atomic E-state index is -0.672. The van der Waals surface area contributed by atoms with Crippen LogP contribution >= 0.6 is 0 Å². The Morgan fingerprint density at radius 1 is 1.26 bits per heavy atom. The van der Waals surface area contributed by atoms with Crippen LogP contribution in [0, 0.1) is 17.0 Å².